The molecule has 0 spiro atoms. The van der Waals surface area contributed by atoms with Gasteiger partial charge in [-0.3, -0.25) is 14.4 Å². The standard InChI is InChI=1S/C35H37NO14/c1-12-8-15-10-19(37)35(49-7)31(43)22-17(30(42)34(35,45)23(15)26(40)21(12)33(44)48-6)11-16-20(25(22)39)13(2)9-18(24(16)38)36-32-29(47-5)27(41)28(46-4)14(3)50-32/h8-9,11,14,19,27-29,32,36-37,39-41,45H,2,10H2,1,3-7H3/t14-,19+,27+,28-,29+,32-,34-,35+/m0/s1. The van der Waals surface area contributed by atoms with E-state index in [9.17, 15) is 44.7 Å². The molecule has 15 nitrogen and oxygen atoms in total. The fourth-order valence-corrected chi connectivity index (χ4v) is 7.97. The zero-order valence-electron chi connectivity index (χ0n) is 28.0. The van der Waals surface area contributed by atoms with E-state index in [1.54, 1.807) is 6.92 Å². The molecule has 4 aliphatic rings. The molecule has 50 heavy (non-hydrogen) atoms. The number of hydrogen-bond acceptors (Lipinski definition) is 15. The first-order valence-corrected chi connectivity index (χ1v) is 15.6. The highest BCUT2D eigenvalue weighted by molar-refractivity contribution is 6.27. The molecule has 3 aliphatic carbocycles. The van der Waals surface area contributed by atoms with Gasteiger partial charge < -0.3 is 54.5 Å². The van der Waals surface area contributed by atoms with Gasteiger partial charge >= 0.3 is 5.97 Å². The molecule has 1 saturated heterocycles. The van der Waals surface area contributed by atoms with Gasteiger partial charge in [-0.05, 0) is 42.7 Å². The van der Waals surface area contributed by atoms with Gasteiger partial charge in [-0.25, -0.2) is 4.79 Å². The molecule has 0 saturated carbocycles. The van der Waals surface area contributed by atoms with E-state index in [0.717, 1.165) is 20.3 Å². The van der Waals surface area contributed by atoms with Crippen molar-refractivity contribution in [3.63, 3.8) is 0 Å². The van der Waals surface area contributed by atoms with E-state index >= 15 is 0 Å². The van der Waals surface area contributed by atoms with Crippen molar-refractivity contribution in [1.82, 2.24) is 5.32 Å². The number of ether oxygens (including phenoxy) is 5. The molecule has 2 aromatic carbocycles. The number of carbonyl (C=O) groups is 4. The lowest BCUT2D eigenvalue weighted by Gasteiger charge is -2.53. The second-order valence-corrected chi connectivity index (χ2v) is 12.8. The maximum Gasteiger partial charge on any atom is 0.341 e. The third-order valence-corrected chi connectivity index (χ3v) is 10.3. The van der Waals surface area contributed by atoms with Crippen LogP contribution in [0.25, 0.3) is 5.57 Å². The van der Waals surface area contributed by atoms with Gasteiger partial charge in [-0.1, -0.05) is 12.6 Å². The van der Waals surface area contributed by atoms with Crippen LogP contribution in [0.4, 0.5) is 0 Å². The Morgan fingerprint density at radius 3 is 2.24 bits per heavy atom. The normalized spacial score (nSPS) is 31.7. The van der Waals surface area contributed by atoms with Gasteiger partial charge in [0.15, 0.2) is 17.4 Å². The minimum absolute atomic E-state index is 0.0355. The van der Waals surface area contributed by atoms with E-state index in [1.807, 2.05) is 0 Å². The predicted molar refractivity (Wildman–Crippen MR) is 171 cm³/mol. The molecule has 1 fully saturated rings. The SMILES string of the molecule is C=C1C=C(N[C@H]2O[C@@H](C)[C@H](OC)[C@@H](O)[C@H]2OC)C(=O)c2cc3c(c(O)c21)C(=O)[C@]1(OC)[C@H](O)Cc2cc(C)c(C(=O)OC)c(O)c2[C@]1(O)C3=O. The average molecular weight is 696 g/mol. The lowest BCUT2D eigenvalue weighted by Crippen LogP contribution is -2.73. The molecule has 15 heteroatoms. The number of aliphatic hydroxyl groups excluding tert-OH is 2. The third kappa shape index (κ3) is 4.41. The number of phenols is 2. The largest absolute Gasteiger partial charge is 0.507 e. The van der Waals surface area contributed by atoms with Crippen LogP contribution in [0.15, 0.2) is 30.5 Å². The van der Waals surface area contributed by atoms with Crippen molar-refractivity contribution >= 4 is 28.9 Å². The zero-order valence-corrected chi connectivity index (χ0v) is 28.0. The van der Waals surface area contributed by atoms with Crippen LogP contribution in [-0.4, -0.2) is 120 Å². The highest BCUT2D eigenvalue weighted by Crippen LogP contribution is 2.57. The molecular formula is C35H37NO14. The van der Waals surface area contributed by atoms with E-state index in [0.29, 0.717) is 0 Å². The lowest BCUT2D eigenvalue weighted by atomic mass is 9.56. The van der Waals surface area contributed by atoms with Crippen LogP contribution < -0.4 is 5.32 Å². The van der Waals surface area contributed by atoms with Crippen LogP contribution in [-0.2, 0) is 35.7 Å². The van der Waals surface area contributed by atoms with Gasteiger partial charge in [-0.15, -0.1) is 0 Å². The summed E-state index contributed by atoms with van der Waals surface area (Å²) in [7, 11) is 4.77. The quantitative estimate of drug-likeness (QED) is 0.227. The Labute approximate surface area is 285 Å². The van der Waals surface area contributed by atoms with Crippen LogP contribution in [0, 0.1) is 6.92 Å². The number of rotatable bonds is 6. The van der Waals surface area contributed by atoms with Crippen LogP contribution in [0.5, 0.6) is 11.5 Å². The van der Waals surface area contributed by atoms with Crippen LogP contribution in [0.1, 0.15) is 70.6 Å². The van der Waals surface area contributed by atoms with Crippen molar-refractivity contribution in [3.8, 4) is 11.5 Å². The Morgan fingerprint density at radius 1 is 0.980 bits per heavy atom. The Hall–Kier alpha value is -4.48. The van der Waals surface area contributed by atoms with Gasteiger partial charge in [0, 0.05) is 50.0 Å². The number of hydrogen-bond donors (Lipinski definition) is 6. The third-order valence-electron chi connectivity index (χ3n) is 10.3. The van der Waals surface area contributed by atoms with Crippen molar-refractivity contribution < 1.29 is 68.4 Å². The Bertz CT molecular complexity index is 1920. The van der Waals surface area contributed by atoms with E-state index < -0.39 is 111 Å². The van der Waals surface area contributed by atoms with Crippen LogP contribution in [0.3, 0.4) is 0 Å². The van der Waals surface area contributed by atoms with Gasteiger partial charge in [0.1, 0.15) is 35.4 Å². The molecule has 6 rings (SSSR count). The number of ketones is 3. The summed E-state index contributed by atoms with van der Waals surface area (Å²) in [5.74, 6) is -6.04. The number of methoxy groups -OCH3 is 4. The molecule has 2 aromatic rings. The molecule has 0 unspecified atom stereocenters. The number of esters is 1. The second-order valence-electron chi connectivity index (χ2n) is 12.8. The topological polar surface area (TPSA) is 228 Å². The molecule has 1 heterocycles. The molecule has 0 aromatic heterocycles. The van der Waals surface area contributed by atoms with E-state index in [1.165, 1.54) is 33.3 Å². The maximum atomic E-state index is 14.6. The maximum absolute atomic E-state index is 14.6. The number of aromatic hydroxyl groups is 2. The zero-order chi connectivity index (χ0) is 36.8. The molecule has 6 N–H and O–H groups in total. The first-order valence-electron chi connectivity index (χ1n) is 15.6. The van der Waals surface area contributed by atoms with Crippen LogP contribution >= 0.6 is 0 Å². The van der Waals surface area contributed by atoms with Crippen LogP contribution in [0.2, 0.25) is 0 Å². The van der Waals surface area contributed by atoms with Gasteiger partial charge in [-0.2, -0.15) is 0 Å². The number of aliphatic hydroxyl groups is 3. The molecule has 8 atom stereocenters. The first-order chi connectivity index (χ1) is 23.6. The minimum Gasteiger partial charge on any atom is -0.507 e. The number of benzene rings is 2. The second kappa shape index (κ2) is 12.1. The number of aryl methyl sites for hydroxylation is 1. The monoisotopic (exact) mass is 695 g/mol. The molecule has 0 radical (unpaired) electrons. The van der Waals surface area contributed by atoms with Crippen molar-refractivity contribution in [3.05, 3.63) is 75.0 Å². The number of phenolic OH excluding ortho intramolecular Hbond substituents is 2. The number of nitrogens with one attached hydrogen (secondary N) is 1. The summed E-state index contributed by atoms with van der Waals surface area (Å²) in [4.78, 5) is 55.9. The van der Waals surface area contributed by atoms with Gasteiger partial charge in [0.25, 0.3) is 0 Å². The Kier molecular flexibility index (Phi) is 8.55. The predicted octanol–water partition coefficient (Wildman–Crippen LogP) is 0.581. The van der Waals surface area contributed by atoms with E-state index in [2.05, 4.69) is 11.9 Å². The lowest BCUT2D eigenvalue weighted by molar-refractivity contribution is -0.236. The summed E-state index contributed by atoms with van der Waals surface area (Å²) in [6, 6.07) is 2.37. The molecule has 0 bridgehead atoms. The van der Waals surface area contributed by atoms with E-state index in [-0.39, 0.29) is 33.5 Å². The molecule has 266 valence electrons. The molecule has 1 aliphatic heterocycles. The number of allylic oxidation sites excluding steroid dienone is 3. The Morgan fingerprint density at radius 2 is 1.64 bits per heavy atom. The molecular weight excluding hydrogens is 658 g/mol. The fourth-order valence-electron chi connectivity index (χ4n) is 7.97. The summed E-state index contributed by atoms with van der Waals surface area (Å²) in [5, 5.41) is 60.8. The van der Waals surface area contributed by atoms with Crippen molar-refractivity contribution in [2.45, 2.75) is 68.2 Å². The summed E-state index contributed by atoms with van der Waals surface area (Å²) >= 11 is 0. The van der Waals surface area contributed by atoms with Gasteiger partial charge in [0.05, 0.1) is 30.6 Å². The number of Topliss-reactive ketones (excluding diaryl/α,β-unsaturated/α-hetero) is 3. The highest BCUT2D eigenvalue weighted by Gasteiger charge is 2.72. The summed E-state index contributed by atoms with van der Waals surface area (Å²) in [5.41, 5.74) is -8.59. The summed E-state index contributed by atoms with van der Waals surface area (Å²) in [6.07, 6.45) is -5.63. The van der Waals surface area contributed by atoms with Crippen molar-refractivity contribution in [1.29, 1.82) is 0 Å². The minimum atomic E-state index is -3.17. The fraction of sp³-hybridized carbons (Fsp3) is 0.429. The first kappa shape index (κ1) is 35.3. The Balaban J connectivity index is 1.51. The van der Waals surface area contributed by atoms with Crippen molar-refractivity contribution in [2.24, 2.45) is 0 Å². The van der Waals surface area contributed by atoms with Crippen molar-refractivity contribution in [2.75, 3.05) is 28.4 Å². The van der Waals surface area contributed by atoms with Gasteiger partial charge in [0.2, 0.25) is 17.3 Å². The highest BCUT2D eigenvalue weighted by atomic mass is 16.6. The smallest absolute Gasteiger partial charge is 0.341 e. The average Bonchev–Trinajstić information content (AvgIpc) is 3.05. The summed E-state index contributed by atoms with van der Waals surface area (Å²) in [6.45, 7) is 7.07. The summed E-state index contributed by atoms with van der Waals surface area (Å²) < 4.78 is 27.1. The number of fused-ring (bicyclic) bond motifs is 5. The molecule has 0 amide bonds. The number of carbonyl (C=O) groups excluding carboxylic acids is 4. The van der Waals surface area contributed by atoms with E-state index in [4.69, 9.17) is 23.7 Å².